The Hall–Kier alpha value is -1.85. The topological polar surface area (TPSA) is 84.3 Å². The average Bonchev–Trinajstić information content (AvgIpc) is 2.52. The molecule has 116 valence electrons. The number of rotatable bonds is 7. The van der Waals surface area contributed by atoms with Gasteiger partial charge in [0, 0.05) is 18.8 Å². The Labute approximate surface area is 124 Å². The standard InChI is InChI=1S/C15H23N3O3/c1-2-10-21-12-6-9-16-14(18-12)17-11-15(13(19)20)7-4-3-5-8-15/h6,9H,2-5,7-8,10-11H2,1H3,(H,19,20)(H,16,17,18). The number of carbonyl (C=O) groups is 1. The average molecular weight is 293 g/mol. The molecular formula is C15H23N3O3. The third-order valence-corrected chi connectivity index (χ3v) is 3.93. The molecule has 0 bridgehead atoms. The van der Waals surface area contributed by atoms with Gasteiger partial charge in [0.05, 0.1) is 12.0 Å². The van der Waals surface area contributed by atoms with E-state index in [9.17, 15) is 9.90 Å². The van der Waals surface area contributed by atoms with Crippen LogP contribution in [0.25, 0.3) is 0 Å². The Kier molecular flexibility index (Phi) is 5.36. The van der Waals surface area contributed by atoms with Gasteiger partial charge in [0.1, 0.15) is 0 Å². The van der Waals surface area contributed by atoms with Crippen molar-refractivity contribution >= 4 is 11.9 Å². The van der Waals surface area contributed by atoms with Crippen LogP contribution in [-0.4, -0.2) is 34.2 Å². The number of hydrogen-bond acceptors (Lipinski definition) is 5. The molecule has 1 aliphatic carbocycles. The van der Waals surface area contributed by atoms with Gasteiger partial charge in [-0.3, -0.25) is 4.79 Å². The van der Waals surface area contributed by atoms with Crippen molar-refractivity contribution in [1.82, 2.24) is 9.97 Å². The highest BCUT2D eigenvalue weighted by molar-refractivity contribution is 5.75. The maximum Gasteiger partial charge on any atom is 0.311 e. The van der Waals surface area contributed by atoms with E-state index in [1.807, 2.05) is 6.92 Å². The first-order valence-electron chi connectivity index (χ1n) is 7.59. The van der Waals surface area contributed by atoms with E-state index in [0.717, 1.165) is 25.7 Å². The van der Waals surface area contributed by atoms with E-state index in [0.29, 0.717) is 37.8 Å². The van der Waals surface area contributed by atoms with E-state index >= 15 is 0 Å². The minimum atomic E-state index is -0.729. The SMILES string of the molecule is CCCOc1ccnc(NCC2(C(=O)O)CCCCC2)n1. The van der Waals surface area contributed by atoms with Gasteiger partial charge >= 0.3 is 5.97 Å². The highest BCUT2D eigenvalue weighted by atomic mass is 16.5. The number of aliphatic carboxylic acids is 1. The second kappa shape index (κ2) is 7.24. The molecule has 21 heavy (non-hydrogen) atoms. The predicted molar refractivity (Wildman–Crippen MR) is 79.5 cm³/mol. The molecule has 2 rings (SSSR count). The number of hydrogen-bond donors (Lipinski definition) is 2. The highest BCUT2D eigenvalue weighted by Gasteiger charge is 2.39. The number of nitrogens with one attached hydrogen (secondary N) is 1. The molecule has 6 heteroatoms. The van der Waals surface area contributed by atoms with Crippen molar-refractivity contribution in [2.75, 3.05) is 18.5 Å². The van der Waals surface area contributed by atoms with E-state index in [2.05, 4.69) is 15.3 Å². The van der Waals surface area contributed by atoms with Crippen LogP contribution in [0.1, 0.15) is 45.4 Å². The largest absolute Gasteiger partial charge is 0.481 e. The third kappa shape index (κ3) is 4.06. The molecule has 0 atom stereocenters. The molecule has 1 heterocycles. The number of anilines is 1. The molecular weight excluding hydrogens is 270 g/mol. The summed E-state index contributed by atoms with van der Waals surface area (Å²) in [5, 5.41) is 12.6. The number of carboxylic acid groups (broad SMARTS) is 1. The maximum absolute atomic E-state index is 11.6. The molecule has 6 nitrogen and oxygen atoms in total. The van der Waals surface area contributed by atoms with E-state index < -0.39 is 11.4 Å². The number of aromatic nitrogens is 2. The molecule has 0 spiro atoms. The lowest BCUT2D eigenvalue weighted by Crippen LogP contribution is -2.39. The van der Waals surface area contributed by atoms with E-state index in [4.69, 9.17) is 4.74 Å². The summed E-state index contributed by atoms with van der Waals surface area (Å²) < 4.78 is 5.45. The zero-order valence-corrected chi connectivity index (χ0v) is 12.5. The number of carboxylic acids is 1. The van der Waals surface area contributed by atoms with Gasteiger partial charge in [-0.15, -0.1) is 0 Å². The maximum atomic E-state index is 11.6. The van der Waals surface area contributed by atoms with Crippen LogP contribution in [0.5, 0.6) is 5.88 Å². The molecule has 2 N–H and O–H groups in total. The lowest BCUT2D eigenvalue weighted by atomic mass is 9.74. The lowest BCUT2D eigenvalue weighted by Gasteiger charge is -2.33. The van der Waals surface area contributed by atoms with Crippen molar-refractivity contribution in [1.29, 1.82) is 0 Å². The molecule has 1 aromatic rings. The van der Waals surface area contributed by atoms with Crippen molar-refractivity contribution in [3.05, 3.63) is 12.3 Å². The lowest BCUT2D eigenvalue weighted by molar-refractivity contribution is -0.150. The van der Waals surface area contributed by atoms with Crippen LogP contribution in [0.3, 0.4) is 0 Å². The van der Waals surface area contributed by atoms with Gasteiger partial charge in [-0.1, -0.05) is 26.2 Å². The van der Waals surface area contributed by atoms with Crippen LogP contribution < -0.4 is 10.1 Å². The molecule has 0 saturated heterocycles. The van der Waals surface area contributed by atoms with Crippen molar-refractivity contribution in [3.8, 4) is 5.88 Å². The predicted octanol–water partition coefficient (Wildman–Crippen LogP) is 2.71. The smallest absolute Gasteiger partial charge is 0.311 e. The minimum Gasteiger partial charge on any atom is -0.481 e. The van der Waals surface area contributed by atoms with Gasteiger partial charge in [-0.25, -0.2) is 4.98 Å². The molecule has 0 radical (unpaired) electrons. The second-order valence-electron chi connectivity index (χ2n) is 5.57. The number of nitrogens with zero attached hydrogens (tertiary/aromatic N) is 2. The quantitative estimate of drug-likeness (QED) is 0.804. The third-order valence-electron chi connectivity index (χ3n) is 3.93. The summed E-state index contributed by atoms with van der Waals surface area (Å²) >= 11 is 0. The zero-order chi connectivity index (χ0) is 15.1. The van der Waals surface area contributed by atoms with Crippen LogP contribution in [0, 0.1) is 5.41 Å². The first-order chi connectivity index (χ1) is 10.2. The van der Waals surface area contributed by atoms with Crippen LogP contribution in [0.2, 0.25) is 0 Å². The summed E-state index contributed by atoms with van der Waals surface area (Å²) in [6.07, 6.45) is 7.00. The molecule has 0 unspecified atom stereocenters. The molecule has 1 saturated carbocycles. The summed E-state index contributed by atoms with van der Waals surface area (Å²) in [7, 11) is 0. The van der Waals surface area contributed by atoms with Gasteiger partial charge in [0.15, 0.2) is 0 Å². The number of ether oxygens (including phenoxy) is 1. The van der Waals surface area contributed by atoms with Crippen LogP contribution >= 0.6 is 0 Å². The van der Waals surface area contributed by atoms with Crippen LogP contribution in [-0.2, 0) is 4.79 Å². The fraction of sp³-hybridized carbons (Fsp3) is 0.667. The van der Waals surface area contributed by atoms with Gasteiger partial charge in [-0.2, -0.15) is 4.98 Å². The normalized spacial score (nSPS) is 17.2. The van der Waals surface area contributed by atoms with Crippen molar-refractivity contribution in [2.24, 2.45) is 5.41 Å². The van der Waals surface area contributed by atoms with Gasteiger partial charge in [0.25, 0.3) is 0 Å². The van der Waals surface area contributed by atoms with E-state index in [1.165, 1.54) is 0 Å². The Morgan fingerprint density at radius 2 is 2.19 bits per heavy atom. The van der Waals surface area contributed by atoms with Crippen molar-refractivity contribution in [2.45, 2.75) is 45.4 Å². The molecule has 0 aromatic carbocycles. The summed E-state index contributed by atoms with van der Waals surface area (Å²) in [6, 6.07) is 1.70. The van der Waals surface area contributed by atoms with Crippen molar-refractivity contribution in [3.63, 3.8) is 0 Å². The fourth-order valence-corrected chi connectivity index (χ4v) is 2.66. The molecule has 0 aliphatic heterocycles. The first kappa shape index (κ1) is 15.5. The molecule has 0 amide bonds. The minimum absolute atomic E-state index is 0.361. The summed E-state index contributed by atoms with van der Waals surface area (Å²) in [4.78, 5) is 20.0. The molecule has 1 aliphatic rings. The van der Waals surface area contributed by atoms with Crippen LogP contribution in [0.4, 0.5) is 5.95 Å². The van der Waals surface area contributed by atoms with Gasteiger partial charge in [0.2, 0.25) is 11.8 Å². The van der Waals surface area contributed by atoms with Crippen molar-refractivity contribution < 1.29 is 14.6 Å². The summed E-state index contributed by atoms with van der Waals surface area (Å²) in [6.45, 7) is 3.00. The van der Waals surface area contributed by atoms with E-state index in [1.54, 1.807) is 12.3 Å². The first-order valence-corrected chi connectivity index (χ1v) is 7.59. The molecule has 1 fully saturated rings. The monoisotopic (exact) mass is 293 g/mol. The van der Waals surface area contributed by atoms with Gasteiger partial charge < -0.3 is 15.2 Å². The zero-order valence-electron chi connectivity index (χ0n) is 12.5. The Balaban J connectivity index is 1.99. The summed E-state index contributed by atoms with van der Waals surface area (Å²) in [5.74, 6) is 0.213. The highest BCUT2D eigenvalue weighted by Crippen LogP contribution is 2.36. The van der Waals surface area contributed by atoms with Gasteiger partial charge in [-0.05, 0) is 19.3 Å². The second-order valence-corrected chi connectivity index (χ2v) is 5.57. The summed E-state index contributed by atoms with van der Waals surface area (Å²) in [5.41, 5.74) is -0.693. The molecule has 1 aromatic heterocycles. The Morgan fingerprint density at radius 3 is 2.86 bits per heavy atom. The van der Waals surface area contributed by atoms with E-state index in [-0.39, 0.29) is 0 Å². The Morgan fingerprint density at radius 1 is 1.43 bits per heavy atom. The Bertz CT molecular complexity index is 473. The van der Waals surface area contributed by atoms with Crippen LogP contribution in [0.15, 0.2) is 12.3 Å². The fourth-order valence-electron chi connectivity index (χ4n) is 2.66.